The molecule has 0 radical (unpaired) electrons. The molecule has 1 aromatic carbocycles. The lowest BCUT2D eigenvalue weighted by Crippen LogP contribution is -2.29. The van der Waals surface area contributed by atoms with Crippen LogP contribution in [-0.4, -0.2) is 28.9 Å². The second-order valence-electron chi connectivity index (χ2n) is 7.19. The standard InChI is InChI=1S/C19H23F3N6O2/c20-19(21,22)30-16-4-2-1-3-13(16)10-25-18-26-11-15(28-29)17(27-18)24-9-12-5-7-14(23)8-6-12/h1-4,11-12,14H,5-10,23H2,(H2,24,25,26,27). The minimum Gasteiger partial charge on any atom is -0.405 e. The van der Waals surface area contributed by atoms with E-state index < -0.39 is 6.36 Å². The predicted octanol–water partition coefficient (Wildman–Crippen LogP) is 4.31. The van der Waals surface area contributed by atoms with Crippen LogP contribution in [0.4, 0.5) is 30.6 Å². The Kier molecular flexibility index (Phi) is 7.03. The molecule has 1 aliphatic rings. The lowest BCUT2D eigenvalue weighted by atomic mass is 9.86. The van der Waals surface area contributed by atoms with Gasteiger partial charge in [-0.05, 0) is 42.8 Å². The Bertz CT molecular complexity index is 856. The first-order valence-electron chi connectivity index (χ1n) is 9.61. The molecule has 30 heavy (non-hydrogen) atoms. The quantitative estimate of drug-likeness (QED) is 0.541. The highest BCUT2D eigenvalue weighted by Crippen LogP contribution is 2.28. The maximum absolute atomic E-state index is 12.6. The molecule has 162 valence electrons. The summed E-state index contributed by atoms with van der Waals surface area (Å²) in [7, 11) is 0. The summed E-state index contributed by atoms with van der Waals surface area (Å²) in [6.45, 7) is 0.619. The molecule has 8 nitrogen and oxygen atoms in total. The van der Waals surface area contributed by atoms with Crippen LogP contribution in [0.25, 0.3) is 0 Å². The van der Waals surface area contributed by atoms with Gasteiger partial charge in [-0.1, -0.05) is 18.2 Å². The predicted molar refractivity (Wildman–Crippen MR) is 106 cm³/mol. The molecule has 0 amide bonds. The van der Waals surface area contributed by atoms with Gasteiger partial charge in [0.25, 0.3) is 0 Å². The van der Waals surface area contributed by atoms with Crippen molar-refractivity contribution in [2.75, 3.05) is 17.2 Å². The number of anilines is 2. The van der Waals surface area contributed by atoms with E-state index in [0.29, 0.717) is 12.5 Å². The van der Waals surface area contributed by atoms with Crippen LogP contribution >= 0.6 is 0 Å². The molecule has 4 N–H and O–H groups in total. The Labute approximate surface area is 171 Å². The van der Waals surface area contributed by atoms with E-state index in [-0.39, 0.29) is 41.4 Å². The molecule has 0 bridgehead atoms. The SMILES string of the molecule is NC1CCC(CNc2nc(NCc3ccccc3OC(F)(F)F)ncc2N=O)CC1. The van der Waals surface area contributed by atoms with Crippen LogP contribution in [-0.2, 0) is 6.54 Å². The summed E-state index contributed by atoms with van der Waals surface area (Å²) in [4.78, 5) is 19.3. The number of benzene rings is 1. The maximum Gasteiger partial charge on any atom is 0.573 e. The third-order valence-electron chi connectivity index (χ3n) is 4.95. The summed E-state index contributed by atoms with van der Waals surface area (Å²) in [6.07, 6.45) is 0.375. The third kappa shape index (κ3) is 6.28. The van der Waals surface area contributed by atoms with E-state index in [1.165, 1.54) is 24.4 Å². The Hall–Kier alpha value is -2.95. The van der Waals surface area contributed by atoms with Crippen molar-refractivity contribution >= 4 is 17.5 Å². The van der Waals surface area contributed by atoms with E-state index >= 15 is 0 Å². The molecule has 1 aromatic heterocycles. The highest BCUT2D eigenvalue weighted by atomic mass is 19.4. The summed E-state index contributed by atoms with van der Waals surface area (Å²) >= 11 is 0. The minimum atomic E-state index is -4.79. The molecule has 11 heteroatoms. The monoisotopic (exact) mass is 424 g/mol. The van der Waals surface area contributed by atoms with Gasteiger partial charge < -0.3 is 21.1 Å². The first-order chi connectivity index (χ1) is 14.3. The summed E-state index contributed by atoms with van der Waals surface area (Å²) < 4.78 is 41.7. The zero-order chi connectivity index (χ0) is 21.6. The molecule has 0 saturated heterocycles. The van der Waals surface area contributed by atoms with Crippen LogP contribution in [0, 0.1) is 10.8 Å². The molecule has 1 saturated carbocycles. The van der Waals surface area contributed by atoms with Crippen molar-refractivity contribution in [3.05, 3.63) is 40.9 Å². The van der Waals surface area contributed by atoms with Gasteiger partial charge in [0.1, 0.15) is 5.75 Å². The number of aromatic nitrogens is 2. The van der Waals surface area contributed by atoms with Crippen molar-refractivity contribution in [2.45, 2.75) is 44.6 Å². The van der Waals surface area contributed by atoms with Gasteiger partial charge in [-0.2, -0.15) is 4.98 Å². The Morgan fingerprint density at radius 3 is 2.60 bits per heavy atom. The van der Waals surface area contributed by atoms with Gasteiger partial charge in [-0.15, -0.1) is 18.1 Å². The summed E-state index contributed by atoms with van der Waals surface area (Å²) in [6, 6.07) is 6.03. The third-order valence-corrected chi connectivity index (χ3v) is 4.95. The molecule has 0 unspecified atom stereocenters. The number of nitrogens with zero attached hydrogens (tertiary/aromatic N) is 3. The number of hydrogen-bond acceptors (Lipinski definition) is 8. The van der Waals surface area contributed by atoms with Crippen LogP contribution in [0.3, 0.4) is 0 Å². The van der Waals surface area contributed by atoms with Gasteiger partial charge in [0.2, 0.25) is 5.95 Å². The number of hydrogen-bond donors (Lipinski definition) is 3. The molecule has 0 atom stereocenters. The van der Waals surface area contributed by atoms with Gasteiger partial charge in [0.15, 0.2) is 11.5 Å². The topological polar surface area (TPSA) is 115 Å². The maximum atomic E-state index is 12.6. The van der Waals surface area contributed by atoms with Crippen molar-refractivity contribution in [3.8, 4) is 5.75 Å². The van der Waals surface area contributed by atoms with E-state index in [4.69, 9.17) is 5.73 Å². The van der Waals surface area contributed by atoms with Crippen molar-refractivity contribution < 1.29 is 17.9 Å². The van der Waals surface area contributed by atoms with E-state index in [1.54, 1.807) is 6.07 Å². The first-order valence-corrected chi connectivity index (χ1v) is 9.61. The van der Waals surface area contributed by atoms with Gasteiger partial charge in [-0.25, -0.2) is 4.98 Å². The number of rotatable bonds is 8. The van der Waals surface area contributed by atoms with Crippen LogP contribution in [0.15, 0.2) is 35.6 Å². The van der Waals surface area contributed by atoms with E-state index in [9.17, 15) is 18.1 Å². The fourth-order valence-electron chi connectivity index (χ4n) is 3.34. The van der Waals surface area contributed by atoms with Crippen molar-refractivity contribution in [3.63, 3.8) is 0 Å². The zero-order valence-corrected chi connectivity index (χ0v) is 16.2. The molecule has 1 heterocycles. The summed E-state index contributed by atoms with van der Waals surface area (Å²) in [5, 5.41) is 8.91. The van der Waals surface area contributed by atoms with Crippen molar-refractivity contribution in [2.24, 2.45) is 16.8 Å². The fourth-order valence-corrected chi connectivity index (χ4v) is 3.34. The number of nitroso groups, excluding NO2 is 1. The second kappa shape index (κ2) is 9.70. The molecule has 0 aliphatic heterocycles. The Balaban J connectivity index is 1.64. The molecular weight excluding hydrogens is 401 g/mol. The van der Waals surface area contributed by atoms with Gasteiger partial charge in [0.05, 0.1) is 6.20 Å². The van der Waals surface area contributed by atoms with Gasteiger partial charge in [0, 0.05) is 24.7 Å². The first kappa shape index (κ1) is 21.8. The normalized spacial score (nSPS) is 19.2. The van der Waals surface area contributed by atoms with Gasteiger partial charge >= 0.3 is 6.36 Å². The summed E-state index contributed by atoms with van der Waals surface area (Å²) in [5.74, 6) is 0.536. The average Bonchev–Trinajstić information content (AvgIpc) is 2.71. The molecular formula is C19H23F3N6O2. The number of ether oxygens (including phenoxy) is 1. The smallest absolute Gasteiger partial charge is 0.405 e. The van der Waals surface area contributed by atoms with E-state index in [0.717, 1.165) is 25.7 Å². The molecule has 0 spiro atoms. The van der Waals surface area contributed by atoms with Crippen LogP contribution in [0.1, 0.15) is 31.2 Å². The van der Waals surface area contributed by atoms with Crippen LogP contribution in [0.2, 0.25) is 0 Å². The number of alkyl halides is 3. The van der Waals surface area contributed by atoms with Crippen LogP contribution < -0.4 is 21.1 Å². The Morgan fingerprint density at radius 2 is 1.90 bits per heavy atom. The van der Waals surface area contributed by atoms with Crippen LogP contribution in [0.5, 0.6) is 5.75 Å². The van der Waals surface area contributed by atoms with Crippen molar-refractivity contribution in [1.29, 1.82) is 0 Å². The van der Waals surface area contributed by atoms with E-state index in [2.05, 4.69) is 30.5 Å². The number of halogens is 3. The lowest BCUT2D eigenvalue weighted by molar-refractivity contribution is -0.274. The molecule has 3 rings (SSSR count). The van der Waals surface area contributed by atoms with Crippen molar-refractivity contribution in [1.82, 2.24) is 9.97 Å². The summed E-state index contributed by atoms with van der Waals surface area (Å²) in [5.41, 5.74) is 6.26. The highest BCUT2D eigenvalue weighted by molar-refractivity contribution is 5.61. The molecule has 1 aliphatic carbocycles. The largest absolute Gasteiger partial charge is 0.573 e. The highest BCUT2D eigenvalue weighted by Gasteiger charge is 2.32. The lowest BCUT2D eigenvalue weighted by Gasteiger charge is -2.26. The van der Waals surface area contributed by atoms with E-state index in [1.807, 2.05) is 0 Å². The fraction of sp³-hybridized carbons (Fsp3) is 0.474. The average molecular weight is 424 g/mol. The van der Waals surface area contributed by atoms with Gasteiger partial charge in [-0.3, -0.25) is 0 Å². The Morgan fingerprint density at radius 1 is 1.17 bits per heavy atom. The second-order valence-corrected chi connectivity index (χ2v) is 7.19. The number of nitrogens with two attached hydrogens (primary N) is 1. The minimum absolute atomic E-state index is 0.0000707. The number of nitrogens with one attached hydrogen (secondary N) is 2. The number of para-hydroxylation sites is 1. The molecule has 1 fully saturated rings. The molecule has 2 aromatic rings. The zero-order valence-electron chi connectivity index (χ0n) is 16.2.